The minimum atomic E-state index is 0.239. The summed E-state index contributed by atoms with van der Waals surface area (Å²) >= 11 is 1.73. The van der Waals surface area contributed by atoms with Gasteiger partial charge in [-0.15, -0.1) is 11.3 Å². The number of aromatic nitrogens is 1. The fourth-order valence-corrected chi connectivity index (χ4v) is 2.73. The molecule has 0 fully saturated rings. The van der Waals surface area contributed by atoms with E-state index in [2.05, 4.69) is 35.6 Å². The van der Waals surface area contributed by atoms with E-state index in [4.69, 9.17) is 4.74 Å². The lowest BCUT2D eigenvalue weighted by Gasteiger charge is -2.16. The number of methoxy groups -OCH3 is 1. The van der Waals surface area contributed by atoms with Crippen LogP contribution < -0.4 is 10.1 Å². The number of hydrogen-bond donors (Lipinski definition) is 1. The molecule has 0 aliphatic carbocycles. The molecule has 1 atom stereocenters. The number of thiazole rings is 1. The van der Waals surface area contributed by atoms with E-state index in [0.717, 1.165) is 24.4 Å². The molecule has 0 unspecified atom stereocenters. The molecule has 0 saturated heterocycles. The highest BCUT2D eigenvalue weighted by Crippen LogP contribution is 2.24. The zero-order valence-corrected chi connectivity index (χ0v) is 12.5. The first-order valence-corrected chi connectivity index (χ1v) is 7.42. The zero-order chi connectivity index (χ0) is 13.7. The van der Waals surface area contributed by atoms with Crippen molar-refractivity contribution in [3.63, 3.8) is 0 Å². The Labute approximate surface area is 118 Å². The number of benzene rings is 1. The van der Waals surface area contributed by atoms with Gasteiger partial charge in [0.25, 0.3) is 0 Å². The van der Waals surface area contributed by atoms with E-state index >= 15 is 0 Å². The van der Waals surface area contributed by atoms with E-state index in [1.54, 1.807) is 18.4 Å². The van der Waals surface area contributed by atoms with Crippen molar-refractivity contribution in [2.45, 2.75) is 32.9 Å². The molecule has 0 radical (unpaired) electrons. The maximum absolute atomic E-state index is 5.39. The van der Waals surface area contributed by atoms with Gasteiger partial charge in [0.15, 0.2) is 0 Å². The average Bonchev–Trinajstić information content (AvgIpc) is 2.92. The molecule has 0 aliphatic rings. The summed E-state index contributed by atoms with van der Waals surface area (Å²) in [4.78, 5) is 4.56. The highest BCUT2D eigenvalue weighted by atomic mass is 32.1. The van der Waals surface area contributed by atoms with Gasteiger partial charge < -0.3 is 10.1 Å². The maximum Gasteiger partial charge on any atom is 0.123 e. The Hall–Kier alpha value is -1.39. The van der Waals surface area contributed by atoms with Crippen molar-refractivity contribution in [3.05, 3.63) is 45.9 Å². The molecule has 0 bridgehead atoms. The molecular formula is C15H20N2OS. The smallest absolute Gasteiger partial charge is 0.123 e. The van der Waals surface area contributed by atoms with E-state index in [-0.39, 0.29) is 6.04 Å². The van der Waals surface area contributed by atoms with Gasteiger partial charge in [-0.3, -0.25) is 0 Å². The summed E-state index contributed by atoms with van der Waals surface area (Å²) in [7, 11) is 1.71. The summed E-state index contributed by atoms with van der Waals surface area (Å²) in [5.41, 5.74) is 2.29. The fraction of sp³-hybridized carbons (Fsp3) is 0.400. The SMILES string of the molecule is CCc1nc(CN[C@H](C)c2ccccc2OC)cs1. The van der Waals surface area contributed by atoms with Crippen LogP contribution in [0.3, 0.4) is 0 Å². The predicted molar refractivity (Wildman–Crippen MR) is 79.7 cm³/mol. The number of para-hydroxylation sites is 1. The third-order valence-corrected chi connectivity index (χ3v) is 4.14. The van der Waals surface area contributed by atoms with Crippen molar-refractivity contribution in [2.75, 3.05) is 7.11 Å². The van der Waals surface area contributed by atoms with Crippen LogP contribution in [0.15, 0.2) is 29.6 Å². The van der Waals surface area contributed by atoms with Crippen LogP contribution in [0.25, 0.3) is 0 Å². The highest BCUT2D eigenvalue weighted by molar-refractivity contribution is 7.09. The first-order valence-electron chi connectivity index (χ1n) is 6.54. The van der Waals surface area contributed by atoms with Crippen LogP contribution in [0, 0.1) is 0 Å². The first kappa shape index (κ1) is 14.0. The minimum Gasteiger partial charge on any atom is -0.496 e. The molecule has 3 nitrogen and oxygen atoms in total. The van der Waals surface area contributed by atoms with Crippen LogP contribution in [0.2, 0.25) is 0 Å². The molecule has 2 rings (SSSR count). The lowest BCUT2D eigenvalue weighted by atomic mass is 10.1. The number of nitrogens with one attached hydrogen (secondary N) is 1. The van der Waals surface area contributed by atoms with Crippen LogP contribution >= 0.6 is 11.3 Å². The number of aryl methyl sites for hydroxylation is 1. The Balaban J connectivity index is 1.98. The summed E-state index contributed by atoms with van der Waals surface area (Å²) in [5, 5.41) is 6.81. The topological polar surface area (TPSA) is 34.2 Å². The second-order valence-corrected chi connectivity index (χ2v) is 5.37. The Morgan fingerprint density at radius 3 is 2.84 bits per heavy atom. The Morgan fingerprint density at radius 2 is 2.16 bits per heavy atom. The second-order valence-electron chi connectivity index (χ2n) is 4.43. The van der Waals surface area contributed by atoms with Crippen molar-refractivity contribution < 1.29 is 4.74 Å². The largest absolute Gasteiger partial charge is 0.496 e. The van der Waals surface area contributed by atoms with Crippen LogP contribution in [-0.2, 0) is 13.0 Å². The third kappa shape index (κ3) is 3.55. The standard InChI is InChI=1S/C15H20N2OS/c1-4-15-17-12(10-19-15)9-16-11(2)13-7-5-6-8-14(13)18-3/h5-8,10-11,16H,4,9H2,1-3H3/t11-/m1/s1. The van der Waals surface area contributed by atoms with Crippen LogP contribution in [0.4, 0.5) is 0 Å². The van der Waals surface area contributed by atoms with Gasteiger partial charge in [-0.1, -0.05) is 25.1 Å². The molecule has 1 heterocycles. The van der Waals surface area contributed by atoms with Gasteiger partial charge in [0.1, 0.15) is 5.75 Å². The second kappa shape index (κ2) is 6.68. The fourth-order valence-electron chi connectivity index (χ4n) is 1.98. The summed E-state index contributed by atoms with van der Waals surface area (Å²) < 4.78 is 5.39. The van der Waals surface area contributed by atoms with Crippen LogP contribution in [0.1, 0.15) is 36.2 Å². The van der Waals surface area contributed by atoms with Gasteiger partial charge in [0.2, 0.25) is 0 Å². The van der Waals surface area contributed by atoms with E-state index in [0.29, 0.717) is 0 Å². The van der Waals surface area contributed by atoms with Crippen molar-refractivity contribution in [3.8, 4) is 5.75 Å². The van der Waals surface area contributed by atoms with E-state index in [9.17, 15) is 0 Å². The number of rotatable bonds is 6. The molecule has 1 N–H and O–H groups in total. The number of ether oxygens (including phenoxy) is 1. The summed E-state index contributed by atoms with van der Waals surface area (Å²) in [5.74, 6) is 0.926. The summed E-state index contributed by atoms with van der Waals surface area (Å²) in [6.45, 7) is 5.06. The number of hydrogen-bond acceptors (Lipinski definition) is 4. The highest BCUT2D eigenvalue weighted by Gasteiger charge is 2.10. The normalized spacial score (nSPS) is 12.4. The molecule has 1 aromatic carbocycles. The number of nitrogens with zero attached hydrogens (tertiary/aromatic N) is 1. The molecular weight excluding hydrogens is 256 g/mol. The van der Waals surface area contributed by atoms with E-state index < -0.39 is 0 Å². The van der Waals surface area contributed by atoms with Crippen molar-refractivity contribution >= 4 is 11.3 Å². The van der Waals surface area contributed by atoms with Gasteiger partial charge in [-0.2, -0.15) is 0 Å². The first-order chi connectivity index (χ1) is 9.24. The van der Waals surface area contributed by atoms with Crippen LogP contribution in [0.5, 0.6) is 5.75 Å². The average molecular weight is 276 g/mol. The zero-order valence-electron chi connectivity index (χ0n) is 11.6. The Kier molecular flexibility index (Phi) is 4.93. The van der Waals surface area contributed by atoms with Gasteiger partial charge in [0.05, 0.1) is 17.8 Å². The summed E-state index contributed by atoms with van der Waals surface area (Å²) in [6, 6.07) is 8.35. The minimum absolute atomic E-state index is 0.239. The van der Waals surface area contributed by atoms with Gasteiger partial charge >= 0.3 is 0 Å². The molecule has 102 valence electrons. The lowest BCUT2D eigenvalue weighted by Crippen LogP contribution is -2.18. The Bertz CT molecular complexity index is 524. The monoisotopic (exact) mass is 276 g/mol. The quantitative estimate of drug-likeness (QED) is 0.876. The summed E-state index contributed by atoms with van der Waals surface area (Å²) in [6.07, 6.45) is 1.01. The van der Waals surface area contributed by atoms with Gasteiger partial charge in [0, 0.05) is 23.5 Å². The molecule has 1 aromatic heterocycles. The van der Waals surface area contributed by atoms with Gasteiger partial charge in [-0.05, 0) is 19.4 Å². The van der Waals surface area contributed by atoms with E-state index in [1.165, 1.54) is 10.6 Å². The molecule has 19 heavy (non-hydrogen) atoms. The Morgan fingerprint density at radius 1 is 1.37 bits per heavy atom. The van der Waals surface area contributed by atoms with E-state index in [1.807, 2.05) is 18.2 Å². The lowest BCUT2D eigenvalue weighted by molar-refractivity contribution is 0.401. The predicted octanol–water partition coefficient (Wildman–Crippen LogP) is 3.56. The third-order valence-electron chi connectivity index (χ3n) is 3.10. The molecule has 0 saturated carbocycles. The van der Waals surface area contributed by atoms with Crippen molar-refractivity contribution in [1.82, 2.24) is 10.3 Å². The maximum atomic E-state index is 5.39. The van der Waals surface area contributed by atoms with Gasteiger partial charge in [-0.25, -0.2) is 4.98 Å². The van der Waals surface area contributed by atoms with Crippen LogP contribution in [-0.4, -0.2) is 12.1 Å². The molecule has 2 aromatic rings. The molecule has 0 spiro atoms. The molecule has 0 amide bonds. The van der Waals surface area contributed by atoms with Crippen molar-refractivity contribution in [2.24, 2.45) is 0 Å². The molecule has 4 heteroatoms. The van der Waals surface area contributed by atoms with Crippen molar-refractivity contribution in [1.29, 1.82) is 0 Å². The molecule has 0 aliphatic heterocycles.